The third kappa shape index (κ3) is 6.94. The molecule has 1 rings (SSSR count). The SMILES string of the molecule is C=C/C=C\C=C(/C)C(NC(=O)C(N)CCCCN)c1ccccc1. The molecular formula is C20H29N3O. The fraction of sp³-hybridized carbons (Fsp3) is 0.350. The second kappa shape index (κ2) is 11.4. The van der Waals surface area contributed by atoms with Crippen molar-refractivity contribution in [1.29, 1.82) is 0 Å². The predicted octanol–water partition coefficient (Wildman–Crippen LogP) is 2.99. The van der Waals surface area contributed by atoms with Gasteiger partial charge in [-0.25, -0.2) is 0 Å². The van der Waals surface area contributed by atoms with Crippen LogP contribution in [0.4, 0.5) is 0 Å². The topological polar surface area (TPSA) is 81.1 Å². The lowest BCUT2D eigenvalue weighted by molar-refractivity contribution is -0.123. The fourth-order valence-corrected chi connectivity index (χ4v) is 2.38. The lowest BCUT2D eigenvalue weighted by Gasteiger charge is -2.22. The second-order valence-electron chi connectivity index (χ2n) is 5.77. The van der Waals surface area contributed by atoms with Gasteiger partial charge < -0.3 is 16.8 Å². The Hall–Kier alpha value is -2.17. The summed E-state index contributed by atoms with van der Waals surface area (Å²) < 4.78 is 0. The van der Waals surface area contributed by atoms with E-state index in [1.54, 1.807) is 6.08 Å². The Balaban J connectivity index is 2.86. The molecule has 24 heavy (non-hydrogen) atoms. The molecule has 2 unspecified atom stereocenters. The van der Waals surface area contributed by atoms with E-state index < -0.39 is 6.04 Å². The number of nitrogens with two attached hydrogens (primary N) is 2. The average Bonchev–Trinajstić information content (AvgIpc) is 2.60. The highest BCUT2D eigenvalue weighted by molar-refractivity contribution is 5.82. The summed E-state index contributed by atoms with van der Waals surface area (Å²) in [5.41, 5.74) is 13.5. The molecule has 2 atom stereocenters. The maximum absolute atomic E-state index is 12.4. The first-order valence-corrected chi connectivity index (χ1v) is 8.37. The molecule has 0 aliphatic carbocycles. The minimum Gasteiger partial charge on any atom is -0.344 e. The van der Waals surface area contributed by atoms with E-state index in [1.807, 2.05) is 55.5 Å². The molecule has 0 aromatic heterocycles. The van der Waals surface area contributed by atoms with Gasteiger partial charge >= 0.3 is 0 Å². The van der Waals surface area contributed by atoms with Gasteiger partial charge in [0.05, 0.1) is 12.1 Å². The van der Waals surface area contributed by atoms with Crippen molar-refractivity contribution in [1.82, 2.24) is 5.32 Å². The number of benzene rings is 1. The Labute approximate surface area is 145 Å². The van der Waals surface area contributed by atoms with Gasteiger partial charge in [-0.05, 0) is 37.4 Å². The molecule has 0 spiro atoms. The summed E-state index contributed by atoms with van der Waals surface area (Å²) in [4.78, 5) is 12.4. The highest BCUT2D eigenvalue weighted by atomic mass is 16.2. The molecule has 0 saturated heterocycles. The van der Waals surface area contributed by atoms with Crippen LogP contribution in [0.25, 0.3) is 0 Å². The van der Waals surface area contributed by atoms with Gasteiger partial charge in [-0.1, -0.05) is 67.6 Å². The molecule has 0 fully saturated rings. The van der Waals surface area contributed by atoms with E-state index in [2.05, 4.69) is 11.9 Å². The van der Waals surface area contributed by atoms with Gasteiger partial charge in [0.2, 0.25) is 5.91 Å². The van der Waals surface area contributed by atoms with Crippen LogP contribution in [-0.2, 0) is 4.79 Å². The number of amides is 1. The summed E-state index contributed by atoms with van der Waals surface area (Å²) in [5.74, 6) is -0.138. The quantitative estimate of drug-likeness (QED) is 0.456. The molecule has 5 N–H and O–H groups in total. The number of allylic oxidation sites excluding steroid dienone is 4. The van der Waals surface area contributed by atoms with Gasteiger partial charge in [-0.3, -0.25) is 4.79 Å². The van der Waals surface area contributed by atoms with Crippen LogP contribution in [-0.4, -0.2) is 18.5 Å². The minimum absolute atomic E-state index is 0.138. The van der Waals surface area contributed by atoms with Crippen molar-refractivity contribution in [2.24, 2.45) is 11.5 Å². The molecule has 4 heteroatoms. The Morgan fingerprint density at radius 1 is 1.25 bits per heavy atom. The minimum atomic E-state index is -0.515. The fourth-order valence-electron chi connectivity index (χ4n) is 2.38. The largest absolute Gasteiger partial charge is 0.344 e. The van der Waals surface area contributed by atoms with Crippen LogP contribution in [0.15, 0.2) is 66.8 Å². The van der Waals surface area contributed by atoms with Crippen molar-refractivity contribution < 1.29 is 4.79 Å². The second-order valence-corrected chi connectivity index (χ2v) is 5.77. The number of carbonyl (C=O) groups is 1. The zero-order chi connectivity index (χ0) is 17.8. The number of hydrogen-bond acceptors (Lipinski definition) is 3. The van der Waals surface area contributed by atoms with E-state index in [-0.39, 0.29) is 11.9 Å². The number of carbonyl (C=O) groups excluding carboxylic acids is 1. The van der Waals surface area contributed by atoms with E-state index in [0.29, 0.717) is 13.0 Å². The van der Waals surface area contributed by atoms with Crippen LogP contribution in [0, 0.1) is 0 Å². The van der Waals surface area contributed by atoms with Gasteiger partial charge in [0.25, 0.3) is 0 Å². The molecule has 0 saturated carbocycles. The third-order valence-corrected chi connectivity index (χ3v) is 3.79. The van der Waals surface area contributed by atoms with Crippen LogP contribution < -0.4 is 16.8 Å². The third-order valence-electron chi connectivity index (χ3n) is 3.79. The average molecular weight is 327 g/mol. The molecule has 0 heterocycles. The molecule has 0 radical (unpaired) electrons. The van der Waals surface area contributed by atoms with E-state index in [0.717, 1.165) is 24.0 Å². The standard InChI is InChI=1S/C20H29N3O/c1-3-4-6-11-16(2)19(17-12-7-5-8-13-17)23-20(24)18(22)14-9-10-15-21/h3-8,11-13,18-19H,1,9-10,14-15,21-22H2,2H3,(H,23,24)/b6-4-,16-11+. The summed E-state index contributed by atoms with van der Waals surface area (Å²) in [6.07, 6.45) is 9.83. The molecule has 130 valence electrons. The maximum Gasteiger partial charge on any atom is 0.237 e. The molecule has 1 aromatic rings. The molecule has 0 aliphatic rings. The van der Waals surface area contributed by atoms with Gasteiger partial charge in [0.15, 0.2) is 0 Å². The monoisotopic (exact) mass is 327 g/mol. The predicted molar refractivity (Wildman–Crippen MR) is 101 cm³/mol. The Bertz CT molecular complexity index is 564. The Kier molecular flexibility index (Phi) is 9.42. The summed E-state index contributed by atoms with van der Waals surface area (Å²) >= 11 is 0. The first-order valence-electron chi connectivity index (χ1n) is 8.37. The molecule has 0 bridgehead atoms. The first kappa shape index (κ1) is 19.9. The van der Waals surface area contributed by atoms with Gasteiger partial charge in [0, 0.05) is 0 Å². The van der Waals surface area contributed by atoms with Crippen molar-refractivity contribution in [3.8, 4) is 0 Å². The number of nitrogens with one attached hydrogen (secondary N) is 1. The molecule has 1 aromatic carbocycles. The maximum atomic E-state index is 12.4. The number of hydrogen-bond donors (Lipinski definition) is 3. The number of unbranched alkanes of at least 4 members (excludes halogenated alkanes) is 1. The van der Waals surface area contributed by atoms with E-state index >= 15 is 0 Å². The van der Waals surface area contributed by atoms with Crippen LogP contribution in [0.1, 0.15) is 37.8 Å². The molecular weight excluding hydrogens is 298 g/mol. The lowest BCUT2D eigenvalue weighted by Crippen LogP contribution is -2.42. The normalized spacial score (nSPS) is 14.4. The van der Waals surface area contributed by atoms with Crippen molar-refractivity contribution in [3.63, 3.8) is 0 Å². The Morgan fingerprint density at radius 3 is 2.58 bits per heavy atom. The number of rotatable bonds is 10. The van der Waals surface area contributed by atoms with E-state index in [1.165, 1.54) is 0 Å². The summed E-state index contributed by atoms with van der Waals surface area (Å²) in [7, 11) is 0. The van der Waals surface area contributed by atoms with Crippen molar-refractivity contribution in [3.05, 3.63) is 72.4 Å². The van der Waals surface area contributed by atoms with E-state index in [4.69, 9.17) is 11.5 Å². The molecule has 4 nitrogen and oxygen atoms in total. The van der Waals surface area contributed by atoms with Crippen LogP contribution >= 0.6 is 0 Å². The van der Waals surface area contributed by atoms with Crippen LogP contribution in [0.3, 0.4) is 0 Å². The summed E-state index contributed by atoms with van der Waals surface area (Å²) in [5, 5.41) is 3.06. The molecule has 0 aliphatic heterocycles. The van der Waals surface area contributed by atoms with Gasteiger partial charge in [-0.2, -0.15) is 0 Å². The zero-order valence-electron chi connectivity index (χ0n) is 14.4. The van der Waals surface area contributed by atoms with Gasteiger partial charge in [-0.15, -0.1) is 0 Å². The highest BCUT2D eigenvalue weighted by Gasteiger charge is 2.20. The van der Waals surface area contributed by atoms with E-state index in [9.17, 15) is 4.79 Å². The van der Waals surface area contributed by atoms with Crippen molar-refractivity contribution in [2.45, 2.75) is 38.3 Å². The van der Waals surface area contributed by atoms with Crippen molar-refractivity contribution in [2.75, 3.05) is 6.54 Å². The Morgan fingerprint density at radius 2 is 1.96 bits per heavy atom. The van der Waals surface area contributed by atoms with Crippen LogP contribution in [0.5, 0.6) is 0 Å². The molecule has 1 amide bonds. The van der Waals surface area contributed by atoms with Crippen molar-refractivity contribution >= 4 is 5.91 Å². The summed E-state index contributed by atoms with van der Waals surface area (Å²) in [6, 6.07) is 9.16. The first-order chi connectivity index (χ1) is 11.6. The van der Waals surface area contributed by atoms with Crippen LogP contribution in [0.2, 0.25) is 0 Å². The highest BCUT2D eigenvalue weighted by Crippen LogP contribution is 2.21. The van der Waals surface area contributed by atoms with Gasteiger partial charge in [0.1, 0.15) is 0 Å². The summed E-state index contributed by atoms with van der Waals surface area (Å²) in [6.45, 7) is 6.27. The smallest absolute Gasteiger partial charge is 0.237 e. The zero-order valence-corrected chi connectivity index (χ0v) is 14.4. The lowest BCUT2D eigenvalue weighted by atomic mass is 9.98.